The molecule has 0 aromatic carbocycles. The van der Waals surface area contributed by atoms with Gasteiger partial charge in [-0.2, -0.15) is 0 Å². The monoisotopic (exact) mass is 252 g/mol. The minimum atomic E-state index is -3.31. The van der Waals surface area contributed by atoms with Gasteiger partial charge in [0, 0.05) is 0 Å². The molecule has 0 rings (SSSR count). The van der Waals surface area contributed by atoms with Crippen molar-refractivity contribution in [3.05, 3.63) is 0 Å². The van der Waals surface area contributed by atoms with Crippen molar-refractivity contribution in [1.29, 1.82) is 0 Å². The Morgan fingerprint density at radius 1 is 0.938 bits per heavy atom. The first kappa shape index (κ1) is 16.1. The van der Waals surface area contributed by atoms with E-state index in [9.17, 15) is 4.57 Å². The topological polar surface area (TPSA) is 44.8 Å². The third-order valence-electron chi connectivity index (χ3n) is 1.85. The van der Waals surface area contributed by atoms with Crippen LogP contribution < -0.4 is 0 Å². The highest BCUT2D eigenvalue weighted by Crippen LogP contribution is 2.49. The van der Waals surface area contributed by atoms with Gasteiger partial charge in [-0.25, -0.2) is 4.57 Å². The lowest BCUT2D eigenvalue weighted by Crippen LogP contribution is -2.04. The van der Waals surface area contributed by atoms with E-state index in [-0.39, 0.29) is 0 Å². The Kier molecular flexibility index (Phi) is 9.24. The molecule has 0 aromatic rings. The average molecular weight is 252 g/mol. The van der Waals surface area contributed by atoms with Crippen molar-refractivity contribution in [2.75, 3.05) is 19.8 Å². The molecule has 0 spiro atoms. The fraction of sp³-hybridized carbons (Fsp3) is 1.00. The minimum Gasteiger partial charge on any atom is -0.287 e. The van der Waals surface area contributed by atoms with Crippen molar-refractivity contribution in [1.82, 2.24) is 0 Å². The Morgan fingerprint density at radius 2 is 1.38 bits per heavy atom. The maximum atomic E-state index is 12.0. The molecule has 0 amide bonds. The van der Waals surface area contributed by atoms with E-state index in [1.807, 2.05) is 13.8 Å². The Hall–Kier alpha value is 0.110. The van der Waals surface area contributed by atoms with Crippen molar-refractivity contribution < 1.29 is 18.1 Å². The zero-order chi connectivity index (χ0) is 12.4. The maximum Gasteiger partial charge on any atom is 0.474 e. The first-order chi connectivity index (χ1) is 7.54. The largest absolute Gasteiger partial charge is 0.474 e. The molecule has 0 saturated carbocycles. The summed E-state index contributed by atoms with van der Waals surface area (Å²) in [4.78, 5) is 0. The van der Waals surface area contributed by atoms with Crippen molar-refractivity contribution in [3.63, 3.8) is 0 Å². The first-order valence-corrected chi connectivity index (χ1v) is 7.53. The number of phosphoric acid groups is 1. The van der Waals surface area contributed by atoms with Gasteiger partial charge in [-0.3, -0.25) is 13.6 Å². The van der Waals surface area contributed by atoms with E-state index in [0.29, 0.717) is 25.7 Å². The van der Waals surface area contributed by atoms with E-state index in [4.69, 9.17) is 13.6 Å². The van der Waals surface area contributed by atoms with Crippen LogP contribution in [-0.2, 0) is 18.1 Å². The summed E-state index contributed by atoms with van der Waals surface area (Å²) in [6.07, 6.45) is 2.45. The number of rotatable bonds is 10. The van der Waals surface area contributed by atoms with E-state index >= 15 is 0 Å². The van der Waals surface area contributed by atoms with Crippen molar-refractivity contribution in [2.24, 2.45) is 5.92 Å². The molecule has 98 valence electrons. The average Bonchev–Trinajstić information content (AvgIpc) is 2.23. The van der Waals surface area contributed by atoms with Crippen LogP contribution in [0.15, 0.2) is 0 Å². The van der Waals surface area contributed by atoms with Gasteiger partial charge >= 0.3 is 7.82 Å². The van der Waals surface area contributed by atoms with Gasteiger partial charge in [-0.1, -0.05) is 27.7 Å². The quantitative estimate of drug-likeness (QED) is 0.551. The molecule has 0 bridgehead atoms. The van der Waals surface area contributed by atoms with Crippen LogP contribution in [0.1, 0.15) is 47.0 Å². The summed E-state index contributed by atoms with van der Waals surface area (Å²) in [5, 5.41) is 0. The van der Waals surface area contributed by atoms with Gasteiger partial charge in [-0.15, -0.1) is 0 Å². The standard InChI is InChI=1S/C11H25O4P/c1-5-8-13-16(12,14-9-6-2)15-10-7-11(3)4/h11H,5-10H2,1-4H3. The molecule has 0 aliphatic carbocycles. The number of phosphoric ester groups is 1. The lowest BCUT2D eigenvalue weighted by Gasteiger charge is -2.17. The normalized spacial score (nSPS) is 12.3. The summed E-state index contributed by atoms with van der Waals surface area (Å²) in [5.74, 6) is 0.519. The molecule has 0 fully saturated rings. The van der Waals surface area contributed by atoms with Gasteiger partial charge in [0.2, 0.25) is 0 Å². The van der Waals surface area contributed by atoms with Crippen molar-refractivity contribution in [3.8, 4) is 0 Å². The molecule has 0 unspecified atom stereocenters. The highest BCUT2D eigenvalue weighted by Gasteiger charge is 2.25. The minimum absolute atomic E-state index is 0.405. The molecule has 0 aliphatic rings. The molecule has 0 N–H and O–H groups in total. The molecule has 0 atom stereocenters. The van der Waals surface area contributed by atoms with Crippen LogP contribution in [0.4, 0.5) is 0 Å². The Morgan fingerprint density at radius 3 is 1.75 bits per heavy atom. The predicted molar refractivity (Wildman–Crippen MR) is 65.5 cm³/mol. The highest BCUT2D eigenvalue weighted by molar-refractivity contribution is 7.48. The number of hydrogen-bond donors (Lipinski definition) is 0. The summed E-state index contributed by atoms with van der Waals surface area (Å²) in [6, 6.07) is 0. The van der Waals surface area contributed by atoms with Gasteiger partial charge in [0.05, 0.1) is 19.8 Å². The Bertz CT molecular complexity index is 194. The zero-order valence-electron chi connectivity index (χ0n) is 10.9. The van der Waals surface area contributed by atoms with E-state index in [1.165, 1.54) is 0 Å². The van der Waals surface area contributed by atoms with Crippen LogP contribution in [0.2, 0.25) is 0 Å². The molecule has 0 aromatic heterocycles. The highest BCUT2D eigenvalue weighted by atomic mass is 31.2. The molecule has 0 radical (unpaired) electrons. The van der Waals surface area contributed by atoms with Crippen LogP contribution in [0.25, 0.3) is 0 Å². The number of hydrogen-bond acceptors (Lipinski definition) is 4. The van der Waals surface area contributed by atoms with E-state index in [2.05, 4.69) is 13.8 Å². The van der Waals surface area contributed by atoms with Gasteiger partial charge in [-0.05, 0) is 25.2 Å². The lowest BCUT2D eigenvalue weighted by molar-refractivity contribution is 0.109. The second-order valence-corrected chi connectivity index (χ2v) is 5.80. The fourth-order valence-electron chi connectivity index (χ4n) is 0.918. The molecule has 0 aliphatic heterocycles. The van der Waals surface area contributed by atoms with Crippen LogP contribution in [0.3, 0.4) is 0 Å². The van der Waals surface area contributed by atoms with E-state index < -0.39 is 7.82 Å². The van der Waals surface area contributed by atoms with Crippen LogP contribution in [0, 0.1) is 5.92 Å². The molecular weight excluding hydrogens is 227 g/mol. The molecule has 0 saturated heterocycles. The SMILES string of the molecule is CCCOP(=O)(OCCC)OCCC(C)C. The first-order valence-electron chi connectivity index (χ1n) is 6.07. The zero-order valence-corrected chi connectivity index (χ0v) is 11.8. The Labute approximate surface area is 99.3 Å². The summed E-state index contributed by atoms with van der Waals surface area (Å²) < 4.78 is 27.6. The molecule has 5 heteroatoms. The Balaban J connectivity index is 4.02. The third-order valence-corrected chi connectivity index (χ3v) is 3.35. The van der Waals surface area contributed by atoms with Gasteiger partial charge in [0.15, 0.2) is 0 Å². The van der Waals surface area contributed by atoms with Crippen LogP contribution in [-0.4, -0.2) is 19.8 Å². The fourth-order valence-corrected chi connectivity index (χ4v) is 2.28. The predicted octanol–water partition coefficient (Wildman–Crippen LogP) is 4.01. The summed E-state index contributed by atoms with van der Waals surface area (Å²) in [5.41, 5.74) is 0. The summed E-state index contributed by atoms with van der Waals surface area (Å²) in [6.45, 7) is 9.33. The smallest absolute Gasteiger partial charge is 0.287 e. The van der Waals surface area contributed by atoms with Gasteiger partial charge in [0.1, 0.15) is 0 Å². The summed E-state index contributed by atoms with van der Waals surface area (Å²) in [7, 11) is -3.31. The van der Waals surface area contributed by atoms with Crippen molar-refractivity contribution >= 4 is 7.82 Å². The van der Waals surface area contributed by atoms with Crippen molar-refractivity contribution in [2.45, 2.75) is 47.0 Å². The van der Waals surface area contributed by atoms with Crippen LogP contribution >= 0.6 is 7.82 Å². The second-order valence-electron chi connectivity index (χ2n) is 4.13. The van der Waals surface area contributed by atoms with E-state index in [0.717, 1.165) is 19.3 Å². The lowest BCUT2D eigenvalue weighted by atomic mass is 10.2. The maximum absolute atomic E-state index is 12.0. The summed E-state index contributed by atoms with van der Waals surface area (Å²) >= 11 is 0. The van der Waals surface area contributed by atoms with Crippen LogP contribution in [0.5, 0.6) is 0 Å². The third kappa shape index (κ3) is 8.28. The second kappa shape index (κ2) is 9.17. The van der Waals surface area contributed by atoms with E-state index in [1.54, 1.807) is 0 Å². The van der Waals surface area contributed by atoms with Gasteiger partial charge in [0.25, 0.3) is 0 Å². The molecule has 0 heterocycles. The van der Waals surface area contributed by atoms with Gasteiger partial charge < -0.3 is 0 Å². The molecule has 16 heavy (non-hydrogen) atoms. The molecule has 4 nitrogen and oxygen atoms in total. The molecular formula is C11H25O4P.